The molecule has 0 heterocycles. The van der Waals surface area contributed by atoms with E-state index in [1.54, 1.807) is 18.2 Å². The second-order valence-electron chi connectivity index (χ2n) is 3.17. The van der Waals surface area contributed by atoms with Crippen LogP contribution >= 0.6 is 23.2 Å². The van der Waals surface area contributed by atoms with Crippen LogP contribution in [0, 0.1) is 0 Å². The molecule has 0 aliphatic rings. The van der Waals surface area contributed by atoms with Gasteiger partial charge < -0.3 is 4.74 Å². The third kappa shape index (κ3) is 3.51. The molecule has 1 rings (SSSR count). The van der Waals surface area contributed by atoms with Gasteiger partial charge >= 0.3 is 5.97 Å². The Morgan fingerprint density at radius 2 is 1.81 bits per heavy atom. The van der Waals surface area contributed by atoms with E-state index in [1.165, 1.54) is 7.11 Å². The molecule has 3 nitrogen and oxygen atoms in total. The highest BCUT2D eigenvalue weighted by Crippen LogP contribution is 2.25. The maximum absolute atomic E-state index is 11.5. The molecule has 0 N–H and O–H groups in total. The lowest BCUT2D eigenvalue weighted by Gasteiger charge is -2.05. The number of ketones is 1. The summed E-state index contributed by atoms with van der Waals surface area (Å²) in [4.78, 5) is 22.3. The average molecular weight is 261 g/mol. The number of ether oxygens (including phenoxy) is 1. The summed E-state index contributed by atoms with van der Waals surface area (Å²) in [7, 11) is 1.23. The van der Waals surface area contributed by atoms with Crippen molar-refractivity contribution in [1.82, 2.24) is 0 Å². The fourth-order valence-electron chi connectivity index (χ4n) is 1.19. The molecular formula is C11H10Cl2O3. The number of esters is 1. The van der Waals surface area contributed by atoms with E-state index in [-0.39, 0.29) is 18.6 Å². The highest BCUT2D eigenvalue weighted by atomic mass is 35.5. The lowest BCUT2D eigenvalue weighted by atomic mass is 10.1. The fourth-order valence-corrected chi connectivity index (χ4v) is 1.73. The van der Waals surface area contributed by atoms with Crippen molar-refractivity contribution in [2.24, 2.45) is 0 Å². The third-order valence-electron chi connectivity index (χ3n) is 2.00. The van der Waals surface area contributed by atoms with Gasteiger partial charge in [-0.2, -0.15) is 0 Å². The molecule has 0 fully saturated rings. The number of hydrogen-bond donors (Lipinski definition) is 0. The van der Waals surface area contributed by atoms with Gasteiger partial charge in [-0.25, -0.2) is 0 Å². The number of rotatable bonds is 4. The minimum atomic E-state index is -0.562. The van der Waals surface area contributed by atoms with Crippen LogP contribution in [0.15, 0.2) is 18.2 Å². The second kappa shape index (κ2) is 5.87. The van der Waals surface area contributed by atoms with Gasteiger partial charge in [0.1, 0.15) is 12.2 Å². The van der Waals surface area contributed by atoms with E-state index in [0.717, 1.165) is 0 Å². The highest BCUT2D eigenvalue weighted by molar-refractivity contribution is 6.36. The molecule has 0 aliphatic heterocycles. The van der Waals surface area contributed by atoms with Crippen molar-refractivity contribution in [3.05, 3.63) is 33.8 Å². The van der Waals surface area contributed by atoms with Gasteiger partial charge in [-0.15, -0.1) is 0 Å². The Hall–Kier alpha value is -1.06. The maximum Gasteiger partial charge on any atom is 0.313 e. The number of carbonyl (C=O) groups is 2. The smallest absolute Gasteiger partial charge is 0.313 e. The van der Waals surface area contributed by atoms with Crippen LogP contribution in [0.3, 0.4) is 0 Å². The summed E-state index contributed by atoms with van der Waals surface area (Å²) in [5.74, 6) is -0.838. The van der Waals surface area contributed by atoms with Gasteiger partial charge in [0, 0.05) is 16.5 Å². The Labute approximate surface area is 103 Å². The number of methoxy groups -OCH3 is 1. The third-order valence-corrected chi connectivity index (χ3v) is 2.71. The van der Waals surface area contributed by atoms with Crippen LogP contribution < -0.4 is 0 Å². The highest BCUT2D eigenvalue weighted by Gasteiger charge is 2.14. The number of Topliss-reactive ketones (excluding diaryl/α,β-unsaturated/α-hetero) is 1. The van der Waals surface area contributed by atoms with Gasteiger partial charge in [0.2, 0.25) is 0 Å². The lowest BCUT2D eigenvalue weighted by Crippen LogP contribution is -2.11. The summed E-state index contributed by atoms with van der Waals surface area (Å²) in [6, 6.07) is 4.99. The van der Waals surface area contributed by atoms with Crippen molar-refractivity contribution in [3.8, 4) is 0 Å². The molecule has 5 heteroatoms. The van der Waals surface area contributed by atoms with Crippen molar-refractivity contribution < 1.29 is 14.3 Å². The van der Waals surface area contributed by atoms with E-state index < -0.39 is 5.97 Å². The summed E-state index contributed by atoms with van der Waals surface area (Å²) in [6.45, 7) is 0. The van der Waals surface area contributed by atoms with E-state index in [1.807, 2.05) is 0 Å². The molecule has 1 aromatic rings. The van der Waals surface area contributed by atoms with Crippen molar-refractivity contribution in [1.29, 1.82) is 0 Å². The molecule has 0 aliphatic carbocycles. The summed E-state index contributed by atoms with van der Waals surface area (Å²) < 4.78 is 4.39. The minimum absolute atomic E-state index is 0.0353. The fraction of sp³-hybridized carbons (Fsp3) is 0.273. The van der Waals surface area contributed by atoms with Gasteiger partial charge in [0.05, 0.1) is 7.11 Å². The maximum atomic E-state index is 11.5. The van der Waals surface area contributed by atoms with E-state index in [9.17, 15) is 9.59 Å². The average Bonchev–Trinajstić information content (AvgIpc) is 2.23. The molecule has 0 atom stereocenters. The first-order valence-corrected chi connectivity index (χ1v) is 5.31. The van der Waals surface area contributed by atoms with E-state index in [4.69, 9.17) is 23.2 Å². The van der Waals surface area contributed by atoms with Crippen LogP contribution in [-0.2, 0) is 20.7 Å². The molecule has 86 valence electrons. The summed E-state index contributed by atoms with van der Waals surface area (Å²) >= 11 is 11.8. The minimum Gasteiger partial charge on any atom is -0.469 e. The summed E-state index contributed by atoms with van der Waals surface area (Å²) in [6.07, 6.45) is -0.230. The first-order chi connectivity index (χ1) is 7.54. The predicted octanol–water partition coefficient (Wildman–Crippen LogP) is 2.67. The number of halogens is 2. The SMILES string of the molecule is COC(=O)CC(=O)Cc1c(Cl)cccc1Cl. The number of hydrogen-bond acceptors (Lipinski definition) is 3. The quantitative estimate of drug-likeness (QED) is 0.618. The Balaban J connectivity index is 2.73. The van der Waals surface area contributed by atoms with Gasteiger partial charge in [-0.3, -0.25) is 9.59 Å². The van der Waals surface area contributed by atoms with Crippen LogP contribution in [0.4, 0.5) is 0 Å². The summed E-state index contributed by atoms with van der Waals surface area (Å²) in [5, 5.41) is 0.844. The van der Waals surface area contributed by atoms with Gasteiger partial charge in [-0.1, -0.05) is 29.3 Å². The van der Waals surface area contributed by atoms with E-state index in [0.29, 0.717) is 15.6 Å². The molecule has 1 aromatic carbocycles. The van der Waals surface area contributed by atoms with Gasteiger partial charge in [0.15, 0.2) is 0 Å². The van der Waals surface area contributed by atoms with Crippen LogP contribution in [-0.4, -0.2) is 18.9 Å². The van der Waals surface area contributed by atoms with Crippen LogP contribution in [0.2, 0.25) is 10.0 Å². The topological polar surface area (TPSA) is 43.4 Å². The number of benzene rings is 1. The lowest BCUT2D eigenvalue weighted by molar-refractivity contribution is -0.143. The number of carbonyl (C=O) groups excluding carboxylic acids is 2. The Kier molecular flexibility index (Phi) is 4.77. The normalized spacial score (nSPS) is 9.94. The monoisotopic (exact) mass is 260 g/mol. The summed E-state index contributed by atoms with van der Waals surface area (Å²) in [5.41, 5.74) is 0.541. The van der Waals surface area contributed by atoms with E-state index >= 15 is 0 Å². The Bertz CT molecular complexity index is 395. The predicted molar refractivity (Wildman–Crippen MR) is 61.8 cm³/mol. The zero-order chi connectivity index (χ0) is 12.1. The zero-order valence-corrected chi connectivity index (χ0v) is 10.1. The first-order valence-electron chi connectivity index (χ1n) is 4.56. The molecule has 0 spiro atoms. The molecule has 0 bridgehead atoms. The second-order valence-corrected chi connectivity index (χ2v) is 3.98. The largest absolute Gasteiger partial charge is 0.469 e. The molecular weight excluding hydrogens is 251 g/mol. The van der Waals surface area contributed by atoms with Crippen LogP contribution in [0.1, 0.15) is 12.0 Å². The van der Waals surface area contributed by atoms with Crippen LogP contribution in [0.5, 0.6) is 0 Å². The molecule has 0 saturated carbocycles. The standard InChI is InChI=1S/C11H10Cl2O3/c1-16-11(15)6-7(14)5-8-9(12)3-2-4-10(8)13/h2-4H,5-6H2,1H3. The van der Waals surface area contributed by atoms with Crippen molar-refractivity contribution in [2.45, 2.75) is 12.8 Å². The molecule has 0 unspecified atom stereocenters. The Morgan fingerprint density at radius 1 is 1.25 bits per heavy atom. The Morgan fingerprint density at radius 3 is 2.31 bits per heavy atom. The van der Waals surface area contributed by atoms with Gasteiger partial charge in [-0.05, 0) is 17.7 Å². The van der Waals surface area contributed by atoms with Crippen molar-refractivity contribution in [2.75, 3.05) is 7.11 Å². The molecule has 16 heavy (non-hydrogen) atoms. The molecule has 0 aromatic heterocycles. The van der Waals surface area contributed by atoms with Gasteiger partial charge in [0.25, 0.3) is 0 Å². The van der Waals surface area contributed by atoms with Crippen molar-refractivity contribution >= 4 is 35.0 Å². The first kappa shape index (κ1) is 13.0. The molecule has 0 amide bonds. The zero-order valence-electron chi connectivity index (χ0n) is 8.63. The van der Waals surface area contributed by atoms with E-state index in [2.05, 4.69) is 4.74 Å². The van der Waals surface area contributed by atoms with Crippen molar-refractivity contribution in [3.63, 3.8) is 0 Å². The molecule has 0 saturated heterocycles. The molecule has 0 radical (unpaired) electrons. The van der Waals surface area contributed by atoms with Crippen LogP contribution in [0.25, 0.3) is 0 Å².